The van der Waals surface area contributed by atoms with Gasteiger partial charge in [0.05, 0.1) is 0 Å². The molecule has 1 atom stereocenters. The first-order valence-corrected chi connectivity index (χ1v) is 9.17. The molecule has 0 unspecified atom stereocenters. The molecule has 26 heavy (non-hydrogen) atoms. The highest BCUT2D eigenvalue weighted by molar-refractivity contribution is 7.89. The number of furan rings is 1. The SMILES string of the molecule is Cc1oc(C(=O)N[C@H](Cc2ccccc2)C(=O)O)cc1S(=O)(=O)N(C)C. The smallest absolute Gasteiger partial charge is 0.326 e. The van der Waals surface area contributed by atoms with Crippen molar-refractivity contribution in [3.8, 4) is 0 Å². The zero-order valence-electron chi connectivity index (χ0n) is 14.6. The number of carboxylic acid groups (broad SMARTS) is 1. The van der Waals surface area contributed by atoms with Crippen LogP contribution >= 0.6 is 0 Å². The van der Waals surface area contributed by atoms with Gasteiger partial charge in [0.25, 0.3) is 5.91 Å². The predicted molar refractivity (Wildman–Crippen MR) is 93.4 cm³/mol. The number of carboxylic acids is 1. The fourth-order valence-electron chi connectivity index (χ4n) is 2.31. The summed E-state index contributed by atoms with van der Waals surface area (Å²) in [7, 11) is -1.04. The minimum atomic E-state index is -3.77. The van der Waals surface area contributed by atoms with Crippen LogP contribution in [-0.4, -0.2) is 49.8 Å². The Kier molecular flexibility index (Phi) is 5.83. The van der Waals surface area contributed by atoms with Crippen molar-refractivity contribution in [2.45, 2.75) is 24.3 Å². The van der Waals surface area contributed by atoms with Crippen molar-refractivity contribution in [2.75, 3.05) is 14.1 Å². The molecule has 1 heterocycles. The van der Waals surface area contributed by atoms with E-state index in [1.54, 1.807) is 30.3 Å². The second kappa shape index (κ2) is 7.71. The largest absolute Gasteiger partial charge is 0.480 e. The first-order valence-electron chi connectivity index (χ1n) is 7.73. The summed E-state index contributed by atoms with van der Waals surface area (Å²) in [5, 5.41) is 11.7. The minimum Gasteiger partial charge on any atom is -0.480 e. The van der Waals surface area contributed by atoms with E-state index in [1.807, 2.05) is 0 Å². The third-order valence-electron chi connectivity index (χ3n) is 3.74. The van der Waals surface area contributed by atoms with E-state index in [4.69, 9.17) is 4.42 Å². The Morgan fingerprint density at radius 1 is 1.23 bits per heavy atom. The number of nitrogens with one attached hydrogen (secondary N) is 1. The number of carbonyl (C=O) groups is 2. The molecule has 1 amide bonds. The molecule has 0 radical (unpaired) electrons. The number of rotatable bonds is 7. The van der Waals surface area contributed by atoms with Gasteiger partial charge in [-0.15, -0.1) is 0 Å². The van der Waals surface area contributed by atoms with Crippen molar-refractivity contribution < 1.29 is 27.5 Å². The Morgan fingerprint density at radius 3 is 2.38 bits per heavy atom. The van der Waals surface area contributed by atoms with Crippen LogP contribution in [0.3, 0.4) is 0 Å². The first-order chi connectivity index (χ1) is 12.1. The standard InChI is InChI=1S/C17H20N2O6S/c1-11-15(26(23,24)19(2)3)10-14(25-11)16(20)18-13(17(21)22)9-12-7-5-4-6-8-12/h4-8,10,13H,9H2,1-3H3,(H,18,20)(H,21,22)/t13-/m1/s1. The number of sulfonamides is 1. The lowest BCUT2D eigenvalue weighted by molar-refractivity contribution is -0.139. The number of nitrogens with zero attached hydrogens (tertiary/aromatic N) is 1. The lowest BCUT2D eigenvalue weighted by Gasteiger charge is -2.13. The van der Waals surface area contributed by atoms with E-state index in [1.165, 1.54) is 21.0 Å². The third kappa shape index (κ3) is 4.30. The van der Waals surface area contributed by atoms with Crippen molar-refractivity contribution in [1.29, 1.82) is 0 Å². The van der Waals surface area contributed by atoms with Gasteiger partial charge in [-0.25, -0.2) is 17.5 Å². The summed E-state index contributed by atoms with van der Waals surface area (Å²) in [6.07, 6.45) is 0.0878. The quantitative estimate of drug-likeness (QED) is 0.747. The topological polar surface area (TPSA) is 117 Å². The van der Waals surface area contributed by atoms with Crippen molar-refractivity contribution >= 4 is 21.9 Å². The molecule has 0 aliphatic heterocycles. The van der Waals surface area contributed by atoms with E-state index in [2.05, 4.69) is 5.32 Å². The Labute approximate surface area is 151 Å². The molecule has 0 saturated carbocycles. The summed E-state index contributed by atoms with van der Waals surface area (Å²) < 4.78 is 30.6. The van der Waals surface area contributed by atoms with Gasteiger partial charge in [-0.3, -0.25) is 4.79 Å². The van der Waals surface area contributed by atoms with Gasteiger partial charge in [0.1, 0.15) is 16.7 Å². The van der Waals surface area contributed by atoms with Gasteiger partial charge >= 0.3 is 5.97 Å². The molecule has 0 spiro atoms. The Morgan fingerprint density at radius 2 is 1.85 bits per heavy atom. The number of hydrogen-bond donors (Lipinski definition) is 2. The monoisotopic (exact) mass is 380 g/mol. The van der Waals surface area contributed by atoms with Crippen molar-refractivity contribution in [1.82, 2.24) is 9.62 Å². The number of benzene rings is 1. The van der Waals surface area contributed by atoms with Crippen LogP contribution in [0.2, 0.25) is 0 Å². The number of hydrogen-bond acceptors (Lipinski definition) is 5. The van der Waals surface area contributed by atoms with Crippen LogP contribution < -0.4 is 5.32 Å². The second-order valence-electron chi connectivity index (χ2n) is 5.87. The Hall–Kier alpha value is -2.65. The molecule has 0 bridgehead atoms. The average Bonchev–Trinajstić information content (AvgIpc) is 2.97. The number of aliphatic carboxylic acids is 1. The van der Waals surface area contributed by atoms with Crippen LogP contribution in [-0.2, 0) is 21.2 Å². The van der Waals surface area contributed by atoms with Gasteiger partial charge in [0.15, 0.2) is 5.76 Å². The molecule has 0 aliphatic carbocycles. The molecule has 0 saturated heterocycles. The lowest BCUT2D eigenvalue weighted by Crippen LogP contribution is -2.42. The highest BCUT2D eigenvalue weighted by Gasteiger charge is 2.28. The summed E-state index contributed by atoms with van der Waals surface area (Å²) in [6, 6.07) is 8.76. The summed E-state index contributed by atoms with van der Waals surface area (Å²) >= 11 is 0. The highest BCUT2D eigenvalue weighted by atomic mass is 32.2. The highest BCUT2D eigenvalue weighted by Crippen LogP contribution is 2.22. The van der Waals surface area contributed by atoms with Gasteiger partial charge < -0.3 is 14.8 Å². The van der Waals surface area contributed by atoms with Crippen molar-refractivity contribution in [3.63, 3.8) is 0 Å². The van der Waals surface area contributed by atoms with Gasteiger partial charge in [0.2, 0.25) is 10.0 Å². The van der Waals surface area contributed by atoms with E-state index in [-0.39, 0.29) is 22.8 Å². The van der Waals surface area contributed by atoms with Crippen LogP contribution in [0.25, 0.3) is 0 Å². The molecule has 1 aromatic heterocycles. The van der Waals surface area contributed by atoms with Gasteiger partial charge in [-0.2, -0.15) is 0 Å². The molecule has 9 heteroatoms. The normalized spacial score (nSPS) is 12.8. The van der Waals surface area contributed by atoms with Crippen molar-refractivity contribution in [3.05, 3.63) is 53.5 Å². The van der Waals surface area contributed by atoms with Gasteiger partial charge in [0, 0.05) is 26.6 Å². The summed E-state index contributed by atoms with van der Waals surface area (Å²) in [4.78, 5) is 23.6. The zero-order valence-corrected chi connectivity index (χ0v) is 15.4. The molecule has 2 rings (SSSR count). The second-order valence-corrected chi connectivity index (χ2v) is 7.99. The van der Waals surface area contributed by atoms with Crippen LogP contribution in [0.1, 0.15) is 21.9 Å². The number of aryl methyl sites for hydroxylation is 1. The molecule has 2 aromatic rings. The summed E-state index contributed by atoms with van der Waals surface area (Å²) in [5.41, 5.74) is 0.742. The molecule has 2 N–H and O–H groups in total. The van der Waals surface area contributed by atoms with Crippen LogP contribution in [0.4, 0.5) is 0 Å². The first kappa shape index (κ1) is 19.7. The average molecular weight is 380 g/mol. The summed E-state index contributed by atoms with van der Waals surface area (Å²) in [5.74, 6) is -2.20. The maximum atomic E-state index is 12.3. The van der Waals surface area contributed by atoms with Crippen LogP contribution in [0.15, 0.2) is 45.7 Å². The molecular weight excluding hydrogens is 360 g/mol. The van der Waals surface area contributed by atoms with Crippen LogP contribution in [0, 0.1) is 6.92 Å². The third-order valence-corrected chi connectivity index (χ3v) is 5.66. The van der Waals surface area contributed by atoms with E-state index in [9.17, 15) is 23.1 Å². The van der Waals surface area contributed by atoms with Crippen molar-refractivity contribution in [2.24, 2.45) is 0 Å². The molecule has 1 aromatic carbocycles. The molecule has 140 valence electrons. The molecular formula is C17H20N2O6S. The van der Waals surface area contributed by atoms with E-state index < -0.39 is 27.9 Å². The fraction of sp³-hybridized carbons (Fsp3) is 0.294. The van der Waals surface area contributed by atoms with Gasteiger partial charge in [-0.05, 0) is 12.5 Å². The number of amides is 1. The molecule has 0 fully saturated rings. The van der Waals surface area contributed by atoms with E-state index in [0.29, 0.717) is 0 Å². The predicted octanol–water partition coefficient (Wildman–Crippen LogP) is 1.26. The van der Waals surface area contributed by atoms with E-state index in [0.717, 1.165) is 15.9 Å². The maximum Gasteiger partial charge on any atom is 0.326 e. The van der Waals surface area contributed by atoms with Gasteiger partial charge in [-0.1, -0.05) is 30.3 Å². The zero-order chi connectivity index (χ0) is 19.5. The lowest BCUT2D eigenvalue weighted by atomic mass is 10.1. The Bertz CT molecular complexity index is 903. The maximum absolute atomic E-state index is 12.3. The summed E-state index contributed by atoms with van der Waals surface area (Å²) in [6.45, 7) is 1.42. The fourth-order valence-corrected chi connectivity index (χ4v) is 3.36. The number of carbonyl (C=O) groups excluding carboxylic acids is 1. The van der Waals surface area contributed by atoms with Crippen LogP contribution in [0.5, 0.6) is 0 Å². The Balaban J connectivity index is 2.21. The molecule has 8 nitrogen and oxygen atoms in total. The molecule has 0 aliphatic rings. The van der Waals surface area contributed by atoms with E-state index >= 15 is 0 Å². The minimum absolute atomic E-state index is 0.0544.